The average Bonchev–Trinajstić information content (AvgIpc) is 3.31. The van der Waals surface area contributed by atoms with E-state index in [-0.39, 0.29) is 18.4 Å². The second-order valence-corrected chi connectivity index (χ2v) is 7.50. The zero-order chi connectivity index (χ0) is 21.1. The zero-order valence-corrected chi connectivity index (χ0v) is 17.9. The Morgan fingerprint density at radius 3 is 2.28 bits per heavy atom. The molecule has 0 radical (unpaired) electrons. The summed E-state index contributed by atoms with van der Waals surface area (Å²) in [6.07, 6.45) is 0. The predicted molar refractivity (Wildman–Crippen MR) is 110 cm³/mol. The van der Waals surface area contributed by atoms with E-state index in [0.717, 1.165) is 0 Å². The number of amides is 2. The van der Waals surface area contributed by atoms with Crippen molar-refractivity contribution in [1.29, 1.82) is 0 Å². The zero-order valence-electron chi connectivity index (χ0n) is 16.3. The molecule has 4 rings (SSSR count). The minimum Gasteiger partial charge on any atom is -0.496 e. The van der Waals surface area contributed by atoms with Gasteiger partial charge in [0.25, 0.3) is 0 Å². The number of methoxy groups -OCH3 is 2. The van der Waals surface area contributed by atoms with Gasteiger partial charge in [0.05, 0.1) is 25.2 Å². The molecule has 2 aliphatic carbocycles. The molecular weight excluding hydrogens is 440 g/mol. The first-order valence-electron chi connectivity index (χ1n) is 8.95. The van der Waals surface area contributed by atoms with E-state index in [0.29, 0.717) is 15.8 Å². The van der Waals surface area contributed by atoms with Gasteiger partial charge in [-0.3, -0.25) is 9.59 Å². The van der Waals surface area contributed by atoms with E-state index >= 15 is 0 Å². The van der Waals surface area contributed by atoms with Crippen LogP contribution in [0.15, 0.2) is 46.9 Å². The number of likely N-dealkylation sites (tertiary alicyclic amines) is 1. The highest BCUT2D eigenvalue weighted by atomic mass is 79.9. The van der Waals surface area contributed by atoms with Crippen LogP contribution in [0.4, 0.5) is 0 Å². The first-order valence-corrected chi connectivity index (χ1v) is 9.74. The Bertz CT molecular complexity index is 945. The Balaban J connectivity index is 0.000000334. The molecule has 3 aliphatic rings. The molecule has 2 amide bonds. The van der Waals surface area contributed by atoms with Gasteiger partial charge in [0.2, 0.25) is 11.8 Å². The molecule has 1 aromatic carbocycles. The summed E-state index contributed by atoms with van der Waals surface area (Å²) in [5, 5.41) is 2.54. The number of rotatable bonds is 5. The molecule has 0 spiro atoms. The highest BCUT2D eigenvalue weighted by Crippen LogP contribution is 2.34. The van der Waals surface area contributed by atoms with Crippen LogP contribution >= 0.6 is 15.9 Å². The Hall–Kier alpha value is -2.87. The molecule has 1 saturated heterocycles. The van der Waals surface area contributed by atoms with Gasteiger partial charge in [-0.1, -0.05) is 24.3 Å². The summed E-state index contributed by atoms with van der Waals surface area (Å²) in [7, 11) is 2.80. The van der Waals surface area contributed by atoms with E-state index in [2.05, 4.69) is 45.5 Å². The summed E-state index contributed by atoms with van der Waals surface area (Å²) in [4.78, 5) is 36.8. The Morgan fingerprint density at radius 2 is 1.86 bits per heavy atom. The number of nitrogens with zero attached hydrogens (tertiary/aromatic N) is 1. The van der Waals surface area contributed by atoms with Crippen molar-refractivity contribution in [3.63, 3.8) is 0 Å². The van der Waals surface area contributed by atoms with E-state index in [1.165, 1.54) is 37.2 Å². The molecule has 7 nitrogen and oxygen atoms in total. The second-order valence-electron chi connectivity index (χ2n) is 6.64. The van der Waals surface area contributed by atoms with Crippen LogP contribution in [-0.2, 0) is 19.1 Å². The maximum atomic E-state index is 12.2. The number of benzene rings is 2. The molecule has 1 heterocycles. The fraction of sp³-hybridized carbons (Fsp3) is 0.286. The van der Waals surface area contributed by atoms with Gasteiger partial charge in [0, 0.05) is 6.92 Å². The molecule has 1 aromatic rings. The van der Waals surface area contributed by atoms with Gasteiger partial charge >= 0.3 is 5.97 Å². The number of carbonyl (C=O) groups is 3. The lowest BCUT2D eigenvalue weighted by Gasteiger charge is -2.42. The first-order chi connectivity index (χ1) is 13.8. The number of β-lactam (4-membered cyclic amide) rings is 1. The largest absolute Gasteiger partial charge is 0.496 e. The van der Waals surface area contributed by atoms with Crippen LogP contribution in [0.25, 0.3) is 11.1 Å². The Kier molecular flexibility index (Phi) is 6.22. The summed E-state index contributed by atoms with van der Waals surface area (Å²) >= 11 is 3.36. The van der Waals surface area contributed by atoms with Crippen LogP contribution in [0, 0.1) is 0 Å². The van der Waals surface area contributed by atoms with Gasteiger partial charge in [-0.25, -0.2) is 4.79 Å². The smallest absolute Gasteiger partial charge is 0.333 e. The van der Waals surface area contributed by atoms with Crippen molar-refractivity contribution in [3.05, 3.63) is 52.5 Å². The topological polar surface area (TPSA) is 84.9 Å². The molecule has 0 bridgehead atoms. The van der Waals surface area contributed by atoms with Crippen LogP contribution < -0.4 is 10.1 Å². The standard InChI is InChI=1S/C15H17BrN2O5.C6H4/c1-8(19)17-11-7-18(14(11)20)13(15(21)23-3)9-4-5-12(22-2)10(16)6-9;1-2-5-4-6(5)3-1/h4-6,11,13H,7H2,1-3H3,(H,17,19);1-4H. The quantitative estimate of drug-likeness (QED) is 0.467. The van der Waals surface area contributed by atoms with Crippen LogP contribution in [-0.4, -0.2) is 49.5 Å². The normalized spacial score (nSPS) is 16.6. The molecule has 1 N–H and O–H groups in total. The van der Waals surface area contributed by atoms with Crippen molar-refractivity contribution in [2.45, 2.75) is 19.0 Å². The molecule has 1 aliphatic heterocycles. The predicted octanol–water partition coefficient (Wildman–Crippen LogP) is 2.69. The number of fused-ring (bicyclic) bond motifs is 1. The minimum absolute atomic E-state index is 0.252. The second kappa shape index (κ2) is 8.65. The van der Waals surface area contributed by atoms with Crippen molar-refractivity contribution < 1.29 is 23.9 Å². The highest BCUT2D eigenvalue weighted by Gasteiger charge is 2.45. The molecule has 2 atom stereocenters. The van der Waals surface area contributed by atoms with Gasteiger partial charge < -0.3 is 19.7 Å². The maximum Gasteiger partial charge on any atom is 0.333 e. The average molecular weight is 461 g/mol. The Labute approximate surface area is 177 Å². The summed E-state index contributed by atoms with van der Waals surface area (Å²) in [6.45, 7) is 1.59. The van der Waals surface area contributed by atoms with Crippen molar-refractivity contribution in [2.75, 3.05) is 20.8 Å². The van der Waals surface area contributed by atoms with Crippen LogP contribution in [0.1, 0.15) is 18.5 Å². The number of esters is 1. The van der Waals surface area contributed by atoms with Crippen molar-refractivity contribution in [2.24, 2.45) is 0 Å². The summed E-state index contributed by atoms with van der Waals surface area (Å²) in [5.41, 5.74) is 3.45. The fourth-order valence-corrected chi connectivity index (χ4v) is 3.68. The third kappa shape index (κ3) is 4.59. The lowest BCUT2D eigenvalue weighted by Crippen LogP contribution is -2.65. The third-order valence-electron chi connectivity index (χ3n) is 4.68. The van der Waals surface area contributed by atoms with E-state index < -0.39 is 18.1 Å². The lowest BCUT2D eigenvalue weighted by molar-refractivity contribution is -0.162. The van der Waals surface area contributed by atoms with Crippen LogP contribution in [0.2, 0.25) is 0 Å². The number of carbonyl (C=O) groups excluding carboxylic acids is 3. The van der Waals surface area contributed by atoms with Crippen molar-refractivity contribution >= 4 is 33.7 Å². The third-order valence-corrected chi connectivity index (χ3v) is 5.30. The molecule has 152 valence electrons. The van der Waals surface area contributed by atoms with Gasteiger partial charge in [0.1, 0.15) is 11.8 Å². The van der Waals surface area contributed by atoms with E-state index in [9.17, 15) is 14.4 Å². The molecule has 0 aromatic heterocycles. The molecule has 8 heteroatoms. The number of nitrogens with one attached hydrogen (secondary N) is 1. The van der Waals surface area contributed by atoms with Gasteiger partial charge in [-0.15, -0.1) is 0 Å². The van der Waals surface area contributed by atoms with Crippen LogP contribution in [0.3, 0.4) is 0 Å². The molecular formula is C21H21BrN2O5. The van der Waals surface area contributed by atoms with E-state index in [1.54, 1.807) is 18.2 Å². The van der Waals surface area contributed by atoms with Gasteiger partial charge in [-0.05, 0) is 50.8 Å². The summed E-state index contributed by atoms with van der Waals surface area (Å²) in [6, 6.07) is 12.1. The summed E-state index contributed by atoms with van der Waals surface area (Å²) in [5.74, 6) is -0.535. The lowest BCUT2D eigenvalue weighted by atomic mass is 9.98. The number of hydrogen-bond acceptors (Lipinski definition) is 5. The number of hydrogen-bond donors (Lipinski definition) is 1. The molecule has 0 saturated carbocycles. The fourth-order valence-electron chi connectivity index (χ4n) is 3.12. The van der Waals surface area contributed by atoms with Gasteiger partial charge in [0.15, 0.2) is 6.04 Å². The van der Waals surface area contributed by atoms with E-state index in [1.807, 2.05) is 0 Å². The van der Waals surface area contributed by atoms with Crippen molar-refractivity contribution in [1.82, 2.24) is 10.2 Å². The highest BCUT2D eigenvalue weighted by molar-refractivity contribution is 9.10. The monoisotopic (exact) mass is 460 g/mol. The van der Waals surface area contributed by atoms with Crippen LogP contribution in [0.5, 0.6) is 5.75 Å². The number of ether oxygens (including phenoxy) is 2. The minimum atomic E-state index is -0.861. The SMILES string of the molecule is COC(=O)C(c1ccc(OC)c(Br)c1)N1CC(NC(C)=O)C1=O.c1cc2cc-2c1. The molecule has 1 fully saturated rings. The van der Waals surface area contributed by atoms with Crippen molar-refractivity contribution in [3.8, 4) is 16.9 Å². The first kappa shape index (κ1) is 20.9. The number of halogens is 1. The molecule has 29 heavy (non-hydrogen) atoms. The molecule has 2 unspecified atom stereocenters. The van der Waals surface area contributed by atoms with E-state index in [4.69, 9.17) is 9.47 Å². The summed E-state index contributed by atoms with van der Waals surface area (Å²) < 4.78 is 10.6. The maximum absolute atomic E-state index is 12.2. The Morgan fingerprint density at radius 1 is 1.17 bits per heavy atom. The van der Waals surface area contributed by atoms with Gasteiger partial charge in [-0.2, -0.15) is 0 Å².